The third-order valence-electron chi connectivity index (χ3n) is 9.18. The molecular weight excluding hydrogens is 671 g/mol. The molecule has 3 atom stereocenters. The Balaban J connectivity index is 1.32. The Morgan fingerprint density at radius 3 is 2.54 bits per heavy atom. The van der Waals surface area contributed by atoms with Crippen LogP contribution in [0.1, 0.15) is 52.0 Å². The number of likely N-dealkylation sites (N-methyl/N-ethyl adjacent to an activating group) is 2. The molecule has 2 aliphatic heterocycles. The van der Waals surface area contributed by atoms with Crippen LogP contribution in [-0.4, -0.2) is 82.3 Å². The predicted octanol–water partition coefficient (Wildman–Crippen LogP) is 4.54. The minimum atomic E-state index is -4.71. The summed E-state index contributed by atoms with van der Waals surface area (Å²) in [5.41, 5.74) is 2.66. The van der Waals surface area contributed by atoms with Crippen molar-refractivity contribution >= 4 is 34.9 Å². The van der Waals surface area contributed by atoms with Crippen molar-refractivity contribution in [1.82, 2.24) is 30.3 Å². The molecule has 0 radical (unpaired) electrons. The van der Waals surface area contributed by atoms with Gasteiger partial charge in [-0.15, -0.1) is 11.3 Å². The van der Waals surface area contributed by atoms with Crippen LogP contribution < -0.4 is 15.5 Å². The number of hydrogen-bond donors (Lipinski definition) is 2. The fraction of sp³-hybridized carbons (Fsp3) is 0.343. The van der Waals surface area contributed by atoms with Crippen LogP contribution in [0.15, 0.2) is 78.3 Å². The summed E-state index contributed by atoms with van der Waals surface area (Å²) in [6.07, 6.45) is -3.08. The van der Waals surface area contributed by atoms with E-state index in [2.05, 4.69) is 32.2 Å². The van der Waals surface area contributed by atoms with Crippen molar-refractivity contribution < 1.29 is 32.3 Å². The molecule has 11 nitrogen and oxygen atoms in total. The number of carbonyl (C=O) groups is 3. The van der Waals surface area contributed by atoms with E-state index in [4.69, 9.17) is 4.74 Å². The lowest BCUT2D eigenvalue weighted by Crippen LogP contribution is -2.55. The Bertz CT molecular complexity index is 1910. The van der Waals surface area contributed by atoms with E-state index in [0.717, 1.165) is 10.9 Å². The van der Waals surface area contributed by atoms with Crippen LogP contribution in [-0.2, 0) is 27.0 Å². The number of aromatic nitrogens is 3. The van der Waals surface area contributed by atoms with E-state index in [1.54, 1.807) is 29.9 Å². The second-order valence-electron chi connectivity index (χ2n) is 12.2. The highest BCUT2D eigenvalue weighted by Crippen LogP contribution is 2.42. The van der Waals surface area contributed by atoms with Crippen molar-refractivity contribution in [2.24, 2.45) is 0 Å². The zero-order chi connectivity index (χ0) is 35.7. The molecule has 262 valence electrons. The number of fused-ring (bicyclic) bond motifs is 1. The van der Waals surface area contributed by atoms with Gasteiger partial charge in [-0.3, -0.25) is 24.2 Å². The second kappa shape index (κ2) is 14.2. The topological polar surface area (TPSA) is 122 Å². The molecule has 2 aliphatic rings. The summed E-state index contributed by atoms with van der Waals surface area (Å²) in [5, 5.41) is 10.1. The molecule has 1 saturated heterocycles. The fourth-order valence-electron chi connectivity index (χ4n) is 6.15. The third kappa shape index (κ3) is 6.80. The van der Waals surface area contributed by atoms with Crippen molar-refractivity contribution in [3.8, 4) is 5.69 Å². The Kier molecular flexibility index (Phi) is 9.91. The maximum absolute atomic E-state index is 14.3. The number of nitrogens with zero attached hydrogens (tertiary/aromatic N) is 5. The lowest BCUT2D eigenvalue weighted by molar-refractivity contribution is -0.137. The van der Waals surface area contributed by atoms with E-state index in [9.17, 15) is 27.6 Å². The summed E-state index contributed by atoms with van der Waals surface area (Å²) in [5.74, 6) is -1.96. The van der Waals surface area contributed by atoms with E-state index in [1.165, 1.54) is 4.90 Å². The van der Waals surface area contributed by atoms with Crippen molar-refractivity contribution in [2.75, 3.05) is 31.7 Å². The molecule has 15 heteroatoms. The first-order valence-corrected chi connectivity index (χ1v) is 16.9. The van der Waals surface area contributed by atoms with Gasteiger partial charge in [0.25, 0.3) is 11.8 Å². The molecule has 50 heavy (non-hydrogen) atoms. The molecule has 0 bridgehead atoms. The summed E-state index contributed by atoms with van der Waals surface area (Å²) in [7, 11) is 1.93. The van der Waals surface area contributed by atoms with Crippen LogP contribution in [0.25, 0.3) is 5.69 Å². The van der Waals surface area contributed by atoms with E-state index in [0.29, 0.717) is 52.8 Å². The highest BCUT2D eigenvalue weighted by Gasteiger charge is 2.45. The zero-order valence-corrected chi connectivity index (χ0v) is 28.4. The molecule has 0 aliphatic carbocycles. The average Bonchev–Trinajstić information content (AvgIpc) is 3.76. The molecule has 2 aromatic carbocycles. The smallest absolute Gasteiger partial charge is 0.378 e. The van der Waals surface area contributed by atoms with Crippen LogP contribution in [0.3, 0.4) is 0 Å². The quantitative estimate of drug-likeness (QED) is 0.220. The van der Waals surface area contributed by atoms with Gasteiger partial charge in [0.1, 0.15) is 17.6 Å². The Labute approximate surface area is 290 Å². The van der Waals surface area contributed by atoms with Crippen molar-refractivity contribution in [1.29, 1.82) is 0 Å². The Hall–Kier alpha value is -4.86. The molecule has 3 amide bonds. The monoisotopic (exact) mass is 707 g/mol. The number of rotatable bonds is 11. The van der Waals surface area contributed by atoms with Gasteiger partial charge in [0.2, 0.25) is 5.91 Å². The number of nitrogens with one attached hydrogen (secondary N) is 2. The maximum Gasteiger partial charge on any atom is 0.443 e. The number of halogens is 3. The first-order chi connectivity index (χ1) is 23.9. The lowest BCUT2D eigenvalue weighted by atomic mass is 9.82. The number of thiazole rings is 1. The Morgan fingerprint density at radius 2 is 1.90 bits per heavy atom. The number of para-hydroxylation sites is 1. The van der Waals surface area contributed by atoms with E-state index >= 15 is 0 Å². The van der Waals surface area contributed by atoms with Crippen LogP contribution >= 0.6 is 11.3 Å². The molecular formula is C35H36F3N7O4S. The van der Waals surface area contributed by atoms with Gasteiger partial charge in [-0.2, -0.15) is 18.3 Å². The van der Waals surface area contributed by atoms with E-state index in [-0.39, 0.29) is 31.1 Å². The van der Waals surface area contributed by atoms with Crippen LogP contribution in [0, 0.1) is 0 Å². The van der Waals surface area contributed by atoms with Gasteiger partial charge in [-0.05, 0) is 44.2 Å². The molecule has 2 N–H and O–H groups in total. The highest BCUT2D eigenvalue weighted by molar-refractivity contribution is 7.10. The van der Waals surface area contributed by atoms with Crippen molar-refractivity contribution in [3.05, 3.63) is 106 Å². The molecule has 2 aromatic heterocycles. The number of alkyl halides is 3. The van der Waals surface area contributed by atoms with Crippen molar-refractivity contribution in [2.45, 2.75) is 50.6 Å². The highest BCUT2D eigenvalue weighted by atomic mass is 32.1. The number of hydrogen-bond acceptors (Lipinski definition) is 8. The Morgan fingerprint density at radius 1 is 1.16 bits per heavy atom. The second-order valence-corrected chi connectivity index (χ2v) is 13.1. The molecule has 4 aromatic rings. The predicted molar refractivity (Wildman–Crippen MR) is 181 cm³/mol. The molecule has 0 saturated carbocycles. The largest absolute Gasteiger partial charge is 0.443 e. The average molecular weight is 708 g/mol. The van der Waals surface area contributed by atoms with Gasteiger partial charge in [0.05, 0.1) is 31.1 Å². The van der Waals surface area contributed by atoms with Gasteiger partial charge in [0, 0.05) is 41.6 Å². The number of carbonyl (C=O) groups excluding carboxylic acids is 3. The van der Waals surface area contributed by atoms with Crippen LogP contribution in [0.5, 0.6) is 0 Å². The fourth-order valence-corrected chi connectivity index (χ4v) is 6.81. The summed E-state index contributed by atoms with van der Waals surface area (Å²) in [4.78, 5) is 47.8. The first kappa shape index (κ1) is 35.0. The first-order valence-electron chi connectivity index (χ1n) is 16.0. The normalized spacial score (nSPS) is 18.4. The van der Waals surface area contributed by atoms with Crippen LogP contribution in [0.2, 0.25) is 0 Å². The summed E-state index contributed by atoms with van der Waals surface area (Å²) in [6.45, 7) is 9.32. The van der Waals surface area contributed by atoms with Gasteiger partial charge >= 0.3 is 6.18 Å². The van der Waals surface area contributed by atoms with Crippen molar-refractivity contribution in [3.63, 3.8) is 0 Å². The minimum Gasteiger partial charge on any atom is -0.378 e. The van der Waals surface area contributed by atoms with Gasteiger partial charge in [-0.25, -0.2) is 9.67 Å². The number of ether oxygens (including phenoxy) is 1. The third-order valence-corrected chi connectivity index (χ3v) is 10.1. The summed E-state index contributed by atoms with van der Waals surface area (Å²) in [6, 6.07) is 15.3. The SMILES string of the molecule is C=C(C(=O)NCc1cccc([C@@H]2c3cnn(-c4ccccc4)c3N(CC)C(=O)[C@H]2NC(=O)c2csc(C(F)(F)F)n2)c1)C(C)N(C)C1COC1. The number of benzene rings is 2. The van der Waals surface area contributed by atoms with E-state index in [1.807, 2.05) is 56.4 Å². The van der Waals surface area contributed by atoms with Gasteiger partial charge in [-0.1, -0.05) is 49.0 Å². The number of anilines is 1. The van der Waals surface area contributed by atoms with Gasteiger partial charge < -0.3 is 15.4 Å². The zero-order valence-electron chi connectivity index (χ0n) is 27.6. The molecule has 4 heterocycles. The van der Waals surface area contributed by atoms with E-state index < -0.39 is 40.7 Å². The summed E-state index contributed by atoms with van der Waals surface area (Å²) < 4.78 is 46.8. The molecule has 6 rings (SSSR count). The lowest BCUT2D eigenvalue weighted by Gasteiger charge is -2.38. The van der Waals surface area contributed by atoms with Crippen LogP contribution in [0.4, 0.5) is 19.0 Å². The minimum absolute atomic E-state index is 0.155. The molecule has 1 unspecified atom stereocenters. The standard InChI is InChI=1S/C35H36F3N7O4S/c1-5-44-32-26(16-40-45(32)24-12-7-6-8-13-24)28(29(33(44)48)42-31(47)27-19-50-34(41-27)35(36,37)38)23-11-9-10-22(14-23)15-39-30(46)20(2)21(3)43(4)25-17-49-18-25/h6-14,16,19,21,25,28-29H,2,5,15,17-18H2,1,3-4H3,(H,39,46)(H,42,47)/t21?,28-,29+/m1/s1. The molecule has 1 fully saturated rings. The number of amides is 3. The molecule has 0 spiro atoms. The summed E-state index contributed by atoms with van der Waals surface area (Å²) >= 11 is 0.305. The maximum atomic E-state index is 14.3. The van der Waals surface area contributed by atoms with Gasteiger partial charge in [0.15, 0.2) is 5.01 Å².